The molecule has 1 aromatic carbocycles. The molecule has 1 N–H and O–H groups in total. The van der Waals surface area contributed by atoms with E-state index < -0.39 is 0 Å². The summed E-state index contributed by atoms with van der Waals surface area (Å²) in [7, 11) is 0. The lowest BCUT2D eigenvalue weighted by atomic mass is 10.2. The van der Waals surface area contributed by atoms with Crippen LogP contribution in [-0.2, 0) is 0 Å². The van der Waals surface area contributed by atoms with Crippen molar-refractivity contribution in [1.82, 2.24) is 4.98 Å². The SMILES string of the molecule is O=c1c(I)c[nH]c2ccc(Br)cc12. The van der Waals surface area contributed by atoms with Crippen LogP contribution in [-0.4, -0.2) is 4.98 Å². The standard InChI is InChI=1S/C9H5BrINO/c10-5-1-2-8-6(3-5)9(13)7(11)4-12-8/h1-4H,(H,12,13). The molecular formula is C9H5BrINO. The number of rotatable bonds is 0. The van der Waals surface area contributed by atoms with Gasteiger partial charge in [0.1, 0.15) is 0 Å². The first-order chi connectivity index (χ1) is 6.18. The first kappa shape index (κ1) is 9.21. The Labute approximate surface area is 96.6 Å². The van der Waals surface area contributed by atoms with Gasteiger partial charge in [0.2, 0.25) is 5.43 Å². The van der Waals surface area contributed by atoms with Crippen molar-refractivity contribution in [1.29, 1.82) is 0 Å². The quantitative estimate of drug-likeness (QED) is 0.729. The van der Waals surface area contributed by atoms with Gasteiger partial charge >= 0.3 is 0 Å². The van der Waals surface area contributed by atoms with Crippen LogP contribution in [0.4, 0.5) is 0 Å². The molecule has 0 aliphatic rings. The fourth-order valence-corrected chi connectivity index (χ4v) is 1.97. The molecule has 0 saturated carbocycles. The molecule has 0 bridgehead atoms. The zero-order valence-electron chi connectivity index (χ0n) is 6.47. The van der Waals surface area contributed by atoms with E-state index >= 15 is 0 Å². The van der Waals surface area contributed by atoms with E-state index in [-0.39, 0.29) is 5.43 Å². The van der Waals surface area contributed by atoms with Gasteiger partial charge in [-0.15, -0.1) is 0 Å². The van der Waals surface area contributed by atoms with Crippen molar-refractivity contribution in [3.05, 3.63) is 42.7 Å². The molecular weight excluding hydrogens is 345 g/mol. The summed E-state index contributed by atoms with van der Waals surface area (Å²) in [5.74, 6) is 0. The molecule has 2 rings (SSSR count). The van der Waals surface area contributed by atoms with E-state index in [1.54, 1.807) is 6.20 Å². The van der Waals surface area contributed by atoms with Crippen LogP contribution in [0.5, 0.6) is 0 Å². The molecule has 13 heavy (non-hydrogen) atoms. The number of aromatic amines is 1. The maximum absolute atomic E-state index is 11.6. The Balaban J connectivity index is 2.97. The average molecular weight is 350 g/mol. The van der Waals surface area contributed by atoms with Gasteiger partial charge in [0.05, 0.1) is 3.57 Å². The fraction of sp³-hybridized carbons (Fsp3) is 0. The van der Waals surface area contributed by atoms with Crippen LogP contribution in [0.3, 0.4) is 0 Å². The molecule has 0 aliphatic carbocycles. The van der Waals surface area contributed by atoms with E-state index in [2.05, 4.69) is 20.9 Å². The van der Waals surface area contributed by atoms with Crippen molar-refractivity contribution >= 4 is 49.4 Å². The number of pyridine rings is 1. The van der Waals surface area contributed by atoms with E-state index in [9.17, 15) is 4.79 Å². The third-order valence-corrected chi connectivity index (χ3v) is 3.09. The summed E-state index contributed by atoms with van der Waals surface area (Å²) >= 11 is 5.36. The Bertz CT molecular complexity index is 515. The zero-order chi connectivity index (χ0) is 9.42. The van der Waals surface area contributed by atoms with Crippen LogP contribution < -0.4 is 5.43 Å². The molecule has 2 nitrogen and oxygen atoms in total. The predicted octanol–water partition coefficient (Wildman–Crippen LogP) is 2.90. The summed E-state index contributed by atoms with van der Waals surface area (Å²) in [5.41, 5.74) is 0.948. The lowest BCUT2D eigenvalue weighted by Crippen LogP contribution is -2.05. The van der Waals surface area contributed by atoms with Crippen molar-refractivity contribution in [2.75, 3.05) is 0 Å². The van der Waals surface area contributed by atoms with Gasteiger partial charge in [0.15, 0.2) is 0 Å². The van der Waals surface area contributed by atoms with Crippen LogP contribution in [0.25, 0.3) is 10.9 Å². The van der Waals surface area contributed by atoms with Crippen LogP contribution in [0.2, 0.25) is 0 Å². The first-order valence-corrected chi connectivity index (χ1v) is 5.52. The molecule has 0 atom stereocenters. The maximum Gasteiger partial charge on any atom is 0.202 e. The Kier molecular flexibility index (Phi) is 2.42. The highest BCUT2D eigenvalue weighted by Crippen LogP contribution is 2.15. The van der Waals surface area contributed by atoms with Crippen molar-refractivity contribution in [3.63, 3.8) is 0 Å². The average Bonchev–Trinajstić information content (AvgIpc) is 2.12. The minimum absolute atomic E-state index is 0.0793. The summed E-state index contributed by atoms with van der Waals surface area (Å²) in [5, 5.41) is 0.723. The van der Waals surface area contributed by atoms with Crippen molar-refractivity contribution in [2.24, 2.45) is 0 Å². The highest BCUT2D eigenvalue weighted by Gasteiger charge is 2.01. The summed E-state index contributed by atoms with van der Waals surface area (Å²) in [6.45, 7) is 0. The molecule has 66 valence electrons. The monoisotopic (exact) mass is 349 g/mol. The Hall–Kier alpha value is -0.360. The predicted molar refractivity (Wildman–Crippen MR) is 65.0 cm³/mol. The van der Waals surface area contributed by atoms with Gasteiger partial charge in [0, 0.05) is 21.6 Å². The number of halogens is 2. The minimum atomic E-state index is 0.0793. The molecule has 1 heterocycles. The van der Waals surface area contributed by atoms with E-state index in [1.165, 1.54) is 0 Å². The molecule has 0 radical (unpaired) electrons. The summed E-state index contributed by atoms with van der Waals surface area (Å²) < 4.78 is 1.63. The number of fused-ring (bicyclic) bond motifs is 1. The fourth-order valence-electron chi connectivity index (χ4n) is 1.17. The number of hydrogen-bond donors (Lipinski definition) is 1. The Morgan fingerprint density at radius 2 is 2.15 bits per heavy atom. The van der Waals surface area contributed by atoms with E-state index in [0.29, 0.717) is 3.57 Å². The largest absolute Gasteiger partial charge is 0.360 e. The van der Waals surface area contributed by atoms with Crippen molar-refractivity contribution < 1.29 is 0 Å². The molecule has 1 aromatic heterocycles. The third kappa shape index (κ3) is 1.65. The number of nitrogens with one attached hydrogen (secondary N) is 1. The molecule has 0 fully saturated rings. The first-order valence-electron chi connectivity index (χ1n) is 3.65. The van der Waals surface area contributed by atoms with Crippen LogP contribution in [0.15, 0.2) is 33.7 Å². The number of H-pyrrole nitrogens is 1. The summed E-state index contributed by atoms with van der Waals surface area (Å²) in [6.07, 6.45) is 1.72. The lowest BCUT2D eigenvalue weighted by molar-refractivity contribution is 1.36. The molecule has 0 amide bonds. The Morgan fingerprint density at radius 3 is 2.92 bits per heavy atom. The highest BCUT2D eigenvalue weighted by molar-refractivity contribution is 14.1. The van der Waals surface area contributed by atoms with Gasteiger partial charge in [0.25, 0.3) is 0 Å². The van der Waals surface area contributed by atoms with Gasteiger partial charge in [-0.25, -0.2) is 0 Å². The second kappa shape index (κ2) is 3.42. The van der Waals surface area contributed by atoms with Gasteiger partial charge in [-0.2, -0.15) is 0 Å². The topological polar surface area (TPSA) is 32.9 Å². The van der Waals surface area contributed by atoms with Gasteiger partial charge in [-0.05, 0) is 40.8 Å². The van der Waals surface area contributed by atoms with E-state index in [4.69, 9.17) is 0 Å². The maximum atomic E-state index is 11.6. The molecule has 2 aromatic rings. The second-order valence-corrected chi connectivity index (χ2v) is 4.73. The van der Waals surface area contributed by atoms with Crippen LogP contribution in [0, 0.1) is 3.57 Å². The molecule has 4 heteroatoms. The number of aromatic nitrogens is 1. The van der Waals surface area contributed by atoms with Gasteiger partial charge < -0.3 is 4.98 Å². The van der Waals surface area contributed by atoms with E-state index in [0.717, 1.165) is 15.4 Å². The smallest absolute Gasteiger partial charge is 0.202 e. The number of benzene rings is 1. The normalized spacial score (nSPS) is 10.6. The van der Waals surface area contributed by atoms with Crippen LogP contribution in [0.1, 0.15) is 0 Å². The third-order valence-electron chi connectivity index (χ3n) is 1.80. The van der Waals surface area contributed by atoms with Crippen molar-refractivity contribution in [3.8, 4) is 0 Å². The van der Waals surface area contributed by atoms with E-state index in [1.807, 2.05) is 40.8 Å². The zero-order valence-corrected chi connectivity index (χ0v) is 10.2. The van der Waals surface area contributed by atoms with Gasteiger partial charge in [-0.3, -0.25) is 4.79 Å². The summed E-state index contributed by atoms with van der Waals surface area (Å²) in [4.78, 5) is 14.7. The van der Waals surface area contributed by atoms with Gasteiger partial charge in [-0.1, -0.05) is 15.9 Å². The molecule has 0 aliphatic heterocycles. The highest BCUT2D eigenvalue weighted by atomic mass is 127. The van der Waals surface area contributed by atoms with Crippen LogP contribution >= 0.6 is 38.5 Å². The number of hydrogen-bond acceptors (Lipinski definition) is 1. The molecule has 0 spiro atoms. The molecule has 0 saturated heterocycles. The molecule has 0 unspecified atom stereocenters. The second-order valence-electron chi connectivity index (χ2n) is 2.66. The Morgan fingerprint density at radius 1 is 1.38 bits per heavy atom. The minimum Gasteiger partial charge on any atom is -0.360 e. The lowest BCUT2D eigenvalue weighted by Gasteiger charge is -1.98. The summed E-state index contributed by atoms with van der Waals surface area (Å²) in [6, 6.07) is 5.62. The van der Waals surface area contributed by atoms with Crippen molar-refractivity contribution in [2.45, 2.75) is 0 Å².